The normalized spacial score (nSPS) is 11.3. The summed E-state index contributed by atoms with van der Waals surface area (Å²) in [7, 11) is -2.27. The van der Waals surface area contributed by atoms with E-state index >= 15 is 0 Å². The molecule has 3 aromatic heterocycles. The number of hydrogen-bond donors (Lipinski definition) is 2. The van der Waals surface area contributed by atoms with Crippen LogP contribution in [0.1, 0.15) is 29.2 Å². The van der Waals surface area contributed by atoms with Crippen molar-refractivity contribution < 1.29 is 27.1 Å². The second-order valence-corrected chi connectivity index (χ2v) is 11.2. The number of methoxy groups -OCH3 is 1. The Labute approximate surface area is 228 Å². The minimum Gasteiger partial charge on any atom is -0.496 e. The Bertz CT molecular complexity index is 1680. The van der Waals surface area contributed by atoms with Gasteiger partial charge in [-0.3, -0.25) is 4.79 Å². The van der Waals surface area contributed by atoms with E-state index in [1.165, 1.54) is 32.5 Å². The Morgan fingerprint density at radius 3 is 2.69 bits per heavy atom. The van der Waals surface area contributed by atoms with E-state index in [0.29, 0.717) is 34.1 Å². The van der Waals surface area contributed by atoms with Crippen molar-refractivity contribution in [3.8, 4) is 28.1 Å². The van der Waals surface area contributed by atoms with Gasteiger partial charge in [-0.2, -0.15) is 5.26 Å². The molecule has 4 rings (SSSR count). The Hall–Kier alpha value is -4.22. The molecule has 14 heteroatoms. The third-order valence-electron chi connectivity index (χ3n) is 5.70. The van der Waals surface area contributed by atoms with Crippen LogP contribution in [0.4, 0.5) is 10.2 Å². The van der Waals surface area contributed by atoms with Gasteiger partial charge in [0.25, 0.3) is 5.91 Å². The Morgan fingerprint density at radius 2 is 2.00 bits per heavy atom. The summed E-state index contributed by atoms with van der Waals surface area (Å²) >= 11 is 1.04. The summed E-state index contributed by atoms with van der Waals surface area (Å²) in [6.07, 6.45) is 1.34. The summed E-state index contributed by atoms with van der Waals surface area (Å²) in [6.45, 7) is 4.03. The molecule has 0 bridgehead atoms. The van der Waals surface area contributed by atoms with E-state index < -0.39 is 21.7 Å². The molecule has 4 aromatic rings. The number of benzene rings is 1. The minimum atomic E-state index is -3.75. The SMILES string of the molecule is CCOc1cc(-c2cc(NCCn3c(C#N)cc4c(OC)ccc(F)c43)ncn2)sc1C(=O)NS(=O)(=O)CC. The van der Waals surface area contributed by atoms with Crippen LogP contribution in [0.15, 0.2) is 36.7 Å². The number of nitriles is 1. The van der Waals surface area contributed by atoms with Crippen molar-refractivity contribution in [2.24, 2.45) is 0 Å². The molecule has 1 amide bonds. The van der Waals surface area contributed by atoms with Gasteiger partial charge in [-0.15, -0.1) is 11.3 Å². The van der Waals surface area contributed by atoms with Crippen LogP contribution in [0.5, 0.6) is 11.5 Å². The number of carbonyl (C=O) groups is 1. The highest BCUT2D eigenvalue weighted by Gasteiger charge is 2.23. The summed E-state index contributed by atoms with van der Waals surface area (Å²) < 4.78 is 52.9. The predicted octanol–water partition coefficient (Wildman–Crippen LogP) is 3.77. The maximum absolute atomic E-state index is 14.7. The van der Waals surface area contributed by atoms with E-state index in [4.69, 9.17) is 9.47 Å². The van der Waals surface area contributed by atoms with E-state index in [1.807, 2.05) is 4.72 Å². The summed E-state index contributed by atoms with van der Waals surface area (Å²) in [4.78, 5) is 21.8. The number of hydrogen-bond acceptors (Lipinski definition) is 10. The molecule has 0 saturated heterocycles. The van der Waals surface area contributed by atoms with Crippen molar-refractivity contribution in [1.29, 1.82) is 5.26 Å². The molecule has 0 atom stereocenters. The summed E-state index contributed by atoms with van der Waals surface area (Å²) in [5.74, 6) is -0.310. The molecule has 0 saturated carbocycles. The minimum absolute atomic E-state index is 0.109. The summed E-state index contributed by atoms with van der Waals surface area (Å²) in [6, 6.07) is 9.78. The lowest BCUT2D eigenvalue weighted by molar-refractivity contribution is 0.0982. The Kier molecular flexibility index (Phi) is 8.32. The highest BCUT2D eigenvalue weighted by Crippen LogP contribution is 2.36. The number of thiophene rings is 1. The fraction of sp³-hybridized carbons (Fsp3) is 0.280. The fourth-order valence-corrected chi connectivity index (χ4v) is 5.44. The molecule has 1 aromatic carbocycles. The quantitative estimate of drug-likeness (QED) is 0.274. The van der Waals surface area contributed by atoms with Crippen LogP contribution >= 0.6 is 11.3 Å². The molecule has 0 aliphatic rings. The smallest absolute Gasteiger partial charge is 0.278 e. The molecule has 0 unspecified atom stereocenters. The molecule has 0 radical (unpaired) electrons. The van der Waals surface area contributed by atoms with Crippen LogP contribution in [-0.4, -0.2) is 54.9 Å². The molecule has 2 N–H and O–H groups in total. The Balaban J connectivity index is 1.55. The monoisotopic (exact) mass is 572 g/mol. The number of fused-ring (bicyclic) bond motifs is 1. The van der Waals surface area contributed by atoms with Crippen molar-refractivity contribution in [3.05, 3.63) is 53.0 Å². The van der Waals surface area contributed by atoms with Gasteiger partial charge in [0, 0.05) is 30.6 Å². The topological polar surface area (TPSA) is 148 Å². The average molecular weight is 573 g/mol. The zero-order valence-corrected chi connectivity index (χ0v) is 23.0. The number of anilines is 1. The van der Waals surface area contributed by atoms with Gasteiger partial charge in [0.15, 0.2) is 0 Å². The second-order valence-electron chi connectivity index (χ2n) is 8.09. The van der Waals surface area contributed by atoms with Crippen molar-refractivity contribution in [2.75, 3.05) is 31.3 Å². The van der Waals surface area contributed by atoms with Gasteiger partial charge in [0.1, 0.15) is 46.1 Å². The van der Waals surface area contributed by atoms with Crippen LogP contribution in [-0.2, 0) is 16.6 Å². The molecule has 0 aliphatic heterocycles. The third kappa shape index (κ3) is 5.94. The van der Waals surface area contributed by atoms with E-state index in [0.717, 1.165) is 11.3 Å². The first-order chi connectivity index (χ1) is 18.7. The molecule has 204 valence electrons. The van der Waals surface area contributed by atoms with E-state index in [-0.39, 0.29) is 40.7 Å². The van der Waals surface area contributed by atoms with Gasteiger partial charge in [-0.25, -0.2) is 27.5 Å². The lowest BCUT2D eigenvalue weighted by Gasteiger charge is -2.11. The van der Waals surface area contributed by atoms with Crippen molar-refractivity contribution in [2.45, 2.75) is 20.4 Å². The molecule has 0 fully saturated rings. The first-order valence-corrected chi connectivity index (χ1v) is 14.3. The second kappa shape index (κ2) is 11.7. The van der Waals surface area contributed by atoms with Gasteiger partial charge in [-0.1, -0.05) is 0 Å². The molecule has 0 aliphatic carbocycles. The van der Waals surface area contributed by atoms with Gasteiger partial charge < -0.3 is 19.4 Å². The van der Waals surface area contributed by atoms with Gasteiger partial charge in [0.2, 0.25) is 10.0 Å². The third-order valence-corrected chi connectivity index (χ3v) is 8.09. The summed E-state index contributed by atoms with van der Waals surface area (Å²) in [5.41, 5.74) is 1.04. The zero-order valence-electron chi connectivity index (χ0n) is 21.3. The first kappa shape index (κ1) is 27.8. The predicted molar refractivity (Wildman–Crippen MR) is 145 cm³/mol. The van der Waals surface area contributed by atoms with Gasteiger partial charge in [-0.05, 0) is 32.0 Å². The molecule has 0 spiro atoms. The number of nitrogens with zero attached hydrogens (tertiary/aromatic N) is 4. The van der Waals surface area contributed by atoms with Gasteiger partial charge in [0.05, 0.1) is 35.6 Å². The maximum atomic E-state index is 14.7. The largest absolute Gasteiger partial charge is 0.496 e. The van der Waals surface area contributed by atoms with Crippen molar-refractivity contribution in [1.82, 2.24) is 19.3 Å². The van der Waals surface area contributed by atoms with Crippen molar-refractivity contribution in [3.63, 3.8) is 0 Å². The van der Waals surface area contributed by atoms with Crippen LogP contribution in [0.3, 0.4) is 0 Å². The van der Waals surface area contributed by atoms with E-state index in [1.54, 1.807) is 29.7 Å². The van der Waals surface area contributed by atoms with E-state index in [2.05, 4.69) is 21.4 Å². The molecular weight excluding hydrogens is 547 g/mol. The zero-order chi connectivity index (χ0) is 28.2. The van der Waals surface area contributed by atoms with Gasteiger partial charge >= 0.3 is 0 Å². The Morgan fingerprint density at radius 1 is 1.21 bits per heavy atom. The summed E-state index contributed by atoms with van der Waals surface area (Å²) in [5, 5.41) is 13.2. The lowest BCUT2D eigenvalue weighted by atomic mass is 10.2. The lowest BCUT2D eigenvalue weighted by Crippen LogP contribution is -2.31. The van der Waals surface area contributed by atoms with Crippen LogP contribution < -0.4 is 19.5 Å². The number of aromatic nitrogens is 3. The number of amides is 1. The number of rotatable bonds is 11. The maximum Gasteiger partial charge on any atom is 0.278 e. The standard InChI is InChI=1S/C25H25FN6O5S2/c1-4-37-20-12-21(38-24(20)25(33)31-39(34,35)5-2)18-11-22(30-14-29-18)28-8-9-32-15(13-27)10-16-19(36-3)7-6-17(26)23(16)32/h6-7,10-12,14H,4-5,8-9H2,1-3H3,(H,31,33)(H,28,29,30). The molecule has 39 heavy (non-hydrogen) atoms. The number of ether oxygens (including phenoxy) is 2. The van der Waals surface area contributed by atoms with E-state index in [9.17, 15) is 22.9 Å². The highest BCUT2D eigenvalue weighted by molar-refractivity contribution is 7.90. The number of nitrogens with one attached hydrogen (secondary N) is 2. The number of carbonyl (C=O) groups excluding carboxylic acids is 1. The van der Waals surface area contributed by atoms with Crippen LogP contribution in [0.25, 0.3) is 21.5 Å². The molecule has 3 heterocycles. The number of sulfonamides is 1. The van der Waals surface area contributed by atoms with Crippen LogP contribution in [0, 0.1) is 17.1 Å². The average Bonchev–Trinajstić information content (AvgIpc) is 3.52. The molecular formula is C25H25FN6O5S2. The van der Waals surface area contributed by atoms with Crippen molar-refractivity contribution >= 4 is 44.0 Å². The molecule has 11 nitrogen and oxygen atoms in total. The number of halogens is 1. The van der Waals surface area contributed by atoms with Crippen LogP contribution in [0.2, 0.25) is 0 Å². The highest BCUT2D eigenvalue weighted by atomic mass is 32.2. The first-order valence-electron chi connectivity index (χ1n) is 11.8. The fourth-order valence-electron chi connectivity index (χ4n) is 3.88.